The fourth-order valence-corrected chi connectivity index (χ4v) is 2.69. The molecule has 120 valence electrons. The van der Waals surface area contributed by atoms with Gasteiger partial charge in [-0.3, -0.25) is 11.5 Å². The number of nitriles is 1. The SMILES string of the molecule is C/C=C\C(C(=O)O[C@@H]1CO[C@]2(N)CCO[C@]12N)=C(\C#N)CC. The van der Waals surface area contributed by atoms with Gasteiger partial charge in [-0.05, 0) is 13.3 Å². The van der Waals surface area contributed by atoms with Crippen molar-refractivity contribution in [1.29, 1.82) is 5.26 Å². The molecule has 0 amide bonds. The van der Waals surface area contributed by atoms with Gasteiger partial charge in [0, 0.05) is 12.0 Å². The van der Waals surface area contributed by atoms with Crippen LogP contribution in [0.2, 0.25) is 0 Å². The van der Waals surface area contributed by atoms with Gasteiger partial charge in [0.25, 0.3) is 0 Å². The Bertz CT molecular complexity index is 566. The Morgan fingerprint density at radius 3 is 2.82 bits per heavy atom. The Balaban J connectivity index is 2.22. The van der Waals surface area contributed by atoms with Crippen molar-refractivity contribution < 1.29 is 19.0 Å². The lowest BCUT2D eigenvalue weighted by Gasteiger charge is -2.33. The summed E-state index contributed by atoms with van der Waals surface area (Å²) in [5.41, 5.74) is 10.3. The van der Waals surface area contributed by atoms with Gasteiger partial charge < -0.3 is 14.2 Å². The van der Waals surface area contributed by atoms with Crippen molar-refractivity contribution >= 4 is 5.97 Å². The third-order valence-corrected chi connectivity index (χ3v) is 4.06. The van der Waals surface area contributed by atoms with E-state index in [1.807, 2.05) is 6.07 Å². The van der Waals surface area contributed by atoms with Crippen LogP contribution in [0.1, 0.15) is 26.7 Å². The lowest BCUT2D eigenvalue weighted by atomic mass is 9.98. The van der Waals surface area contributed by atoms with Gasteiger partial charge >= 0.3 is 5.97 Å². The first-order valence-electron chi connectivity index (χ1n) is 7.24. The Kier molecular flexibility index (Phi) is 4.68. The molecule has 2 aliphatic rings. The van der Waals surface area contributed by atoms with E-state index in [1.54, 1.807) is 26.0 Å². The van der Waals surface area contributed by atoms with Gasteiger partial charge in [0.05, 0.1) is 24.9 Å². The Morgan fingerprint density at radius 1 is 1.50 bits per heavy atom. The second-order valence-corrected chi connectivity index (χ2v) is 5.34. The summed E-state index contributed by atoms with van der Waals surface area (Å²) in [6.07, 6.45) is 3.27. The topological polar surface area (TPSA) is 121 Å². The summed E-state index contributed by atoms with van der Waals surface area (Å²) < 4.78 is 16.4. The molecule has 22 heavy (non-hydrogen) atoms. The molecule has 2 aliphatic heterocycles. The third-order valence-electron chi connectivity index (χ3n) is 4.06. The van der Waals surface area contributed by atoms with Crippen LogP contribution in [0.4, 0.5) is 0 Å². The molecule has 2 fully saturated rings. The van der Waals surface area contributed by atoms with E-state index in [0.29, 0.717) is 25.0 Å². The maximum Gasteiger partial charge on any atom is 0.339 e. The minimum Gasteiger partial charge on any atom is -0.452 e. The zero-order valence-corrected chi connectivity index (χ0v) is 12.8. The second-order valence-electron chi connectivity index (χ2n) is 5.34. The number of carbonyl (C=O) groups is 1. The van der Waals surface area contributed by atoms with Crippen LogP contribution < -0.4 is 11.5 Å². The van der Waals surface area contributed by atoms with Gasteiger partial charge in [0.2, 0.25) is 0 Å². The molecule has 0 unspecified atom stereocenters. The number of carbonyl (C=O) groups excluding carboxylic acids is 1. The van der Waals surface area contributed by atoms with Crippen molar-refractivity contribution in [3.63, 3.8) is 0 Å². The van der Waals surface area contributed by atoms with Gasteiger partial charge in [-0.15, -0.1) is 0 Å². The van der Waals surface area contributed by atoms with E-state index in [4.69, 9.17) is 30.9 Å². The molecule has 0 aromatic rings. The van der Waals surface area contributed by atoms with E-state index >= 15 is 0 Å². The molecule has 0 spiro atoms. The number of allylic oxidation sites excluding steroid dienone is 2. The smallest absolute Gasteiger partial charge is 0.339 e. The predicted octanol–water partition coefficient (Wildman–Crippen LogP) is 0.465. The zero-order valence-electron chi connectivity index (χ0n) is 12.8. The monoisotopic (exact) mass is 307 g/mol. The number of hydrogen-bond donors (Lipinski definition) is 2. The Morgan fingerprint density at radius 2 is 2.23 bits per heavy atom. The molecule has 7 heteroatoms. The molecule has 0 saturated carbocycles. The summed E-state index contributed by atoms with van der Waals surface area (Å²) in [6, 6.07) is 2.01. The summed E-state index contributed by atoms with van der Waals surface area (Å²) in [5, 5.41) is 9.13. The normalized spacial score (nSPS) is 35.1. The number of nitrogens with two attached hydrogens (primary N) is 2. The van der Waals surface area contributed by atoms with E-state index < -0.39 is 23.5 Å². The Labute approximate surface area is 129 Å². The molecule has 2 rings (SSSR count). The highest BCUT2D eigenvalue weighted by molar-refractivity contribution is 5.93. The van der Waals surface area contributed by atoms with E-state index in [2.05, 4.69) is 0 Å². The van der Waals surface area contributed by atoms with Crippen molar-refractivity contribution in [1.82, 2.24) is 0 Å². The van der Waals surface area contributed by atoms with E-state index in [1.165, 1.54) is 0 Å². The van der Waals surface area contributed by atoms with Gasteiger partial charge in [-0.25, -0.2) is 4.79 Å². The number of rotatable bonds is 4. The van der Waals surface area contributed by atoms with Crippen LogP contribution in [0.3, 0.4) is 0 Å². The van der Waals surface area contributed by atoms with Crippen LogP contribution in [-0.2, 0) is 19.0 Å². The highest BCUT2D eigenvalue weighted by Gasteiger charge is 2.64. The molecule has 0 radical (unpaired) electrons. The molecule has 3 atom stereocenters. The van der Waals surface area contributed by atoms with Crippen molar-refractivity contribution in [2.24, 2.45) is 11.5 Å². The maximum absolute atomic E-state index is 12.4. The van der Waals surface area contributed by atoms with E-state index in [9.17, 15) is 4.79 Å². The fourth-order valence-electron chi connectivity index (χ4n) is 2.69. The molecule has 0 aliphatic carbocycles. The molecular weight excluding hydrogens is 286 g/mol. The molecule has 0 aromatic heterocycles. The average molecular weight is 307 g/mol. The molecule has 0 aromatic carbocycles. The number of fused-ring (bicyclic) bond motifs is 1. The summed E-state index contributed by atoms with van der Waals surface area (Å²) >= 11 is 0. The van der Waals surface area contributed by atoms with Crippen molar-refractivity contribution in [2.75, 3.05) is 13.2 Å². The number of esters is 1. The van der Waals surface area contributed by atoms with Crippen molar-refractivity contribution in [3.8, 4) is 6.07 Å². The van der Waals surface area contributed by atoms with Gasteiger partial charge in [-0.1, -0.05) is 19.1 Å². The summed E-state index contributed by atoms with van der Waals surface area (Å²) in [7, 11) is 0. The standard InChI is InChI=1S/C15H21N3O4/c1-3-5-11(10(4-2)8-16)13(19)22-12-9-21-14(17)6-7-20-15(12,14)18/h3,5,12H,4,6-7,9,17-18H2,1-2H3/b5-3-,11-10-/t12-,14-,15-/m1/s1. The van der Waals surface area contributed by atoms with Gasteiger partial charge in [0.1, 0.15) is 0 Å². The van der Waals surface area contributed by atoms with Crippen LogP contribution in [0.15, 0.2) is 23.3 Å². The zero-order chi connectivity index (χ0) is 16.4. The van der Waals surface area contributed by atoms with E-state index in [-0.39, 0.29) is 12.2 Å². The lowest BCUT2D eigenvalue weighted by Crippen LogP contribution is -2.65. The van der Waals surface area contributed by atoms with Crippen molar-refractivity contribution in [2.45, 2.75) is 44.2 Å². The van der Waals surface area contributed by atoms with Crippen molar-refractivity contribution in [3.05, 3.63) is 23.3 Å². The largest absolute Gasteiger partial charge is 0.452 e. The van der Waals surface area contributed by atoms with Crippen LogP contribution in [0, 0.1) is 11.3 Å². The molecule has 0 bridgehead atoms. The average Bonchev–Trinajstić information content (AvgIpc) is 2.91. The summed E-state index contributed by atoms with van der Waals surface area (Å²) in [4.78, 5) is 12.4. The Hall–Kier alpha value is -1.72. The van der Waals surface area contributed by atoms with E-state index in [0.717, 1.165) is 0 Å². The number of ether oxygens (including phenoxy) is 3. The summed E-state index contributed by atoms with van der Waals surface area (Å²) in [6.45, 7) is 3.96. The highest BCUT2D eigenvalue weighted by atomic mass is 16.7. The molecule has 2 heterocycles. The van der Waals surface area contributed by atoms with Crippen LogP contribution in [0.5, 0.6) is 0 Å². The van der Waals surface area contributed by atoms with Crippen LogP contribution in [0.25, 0.3) is 0 Å². The number of nitrogens with zero attached hydrogens (tertiary/aromatic N) is 1. The fraction of sp³-hybridized carbons (Fsp3) is 0.600. The van der Waals surface area contributed by atoms with Gasteiger partial charge in [-0.2, -0.15) is 5.26 Å². The molecule has 7 nitrogen and oxygen atoms in total. The summed E-state index contributed by atoms with van der Waals surface area (Å²) in [5.74, 6) is -0.630. The minimum atomic E-state index is -1.36. The maximum atomic E-state index is 12.4. The molecular formula is C15H21N3O4. The third kappa shape index (κ3) is 2.55. The minimum absolute atomic E-state index is 0.0653. The predicted molar refractivity (Wildman–Crippen MR) is 78.0 cm³/mol. The first-order valence-corrected chi connectivity index (χ1v) is 7.24. The van der Waals surface area contributed by atoms with Crippen LogP contribution in [-0.4, -0.2) is 36.7 Å². The lowest BCUT2D eigenvalue weighted by molar-refractivity contribution is -0.160. The second kappa shape index (κ2) is 6.18. The first-order chi connectivity index (χ1) is 10.4. The quantitative estimate of drug-likeness (QED) is 0.335. The van der Waals surface area contributed by atoms with Gasteiger partial charge in [0.15, 0.2) is 17.6 Å². The molecule has 2 saturated heterocycles. The molecule has 4 N–H and O–H groups in total. The first kappa shape index (κ1) is 16.6. The highest BCUT2D eigenvalue weighted by Crippen LogP contribution is 2.40. The number of hydrogen-bond acceptors (Lipinski definition) is 7. The van der Waals surface area contributed by atoms with Crippen LogP contribution >= 0.6 is 0 Å².